The zero-order chi connectivity index (χ0) is 33.4. The van der Waals surface area contributed by atoms with Crippen LogP contribution in [0, 0.1) is 11.8 Å². The molecule has 0 spiro atoms. The maximum Gasteiger partial charge on any atom is 0.347 e. The first-order valence-electron chi connectivity index (χ1n) is 15.6. The Balaban J connectivity index is 1.58. The van der Waals surface area contributed by atoms with E-state index in [1.54, 1.807) is 31.2 Å². The van der Waals surface area contributed by atoms with E-state index in [4.69, 9.17) is 30.5 Å². The Kier molecular flexibility index (Phi) is 12.2. The van der Waals surface area contributed by atoms with E-state index in [9.17, 15) is 19.2 Å². The van der Waals surface area contributed by atoms with Crippen molar-refractivity contribution in [2.45, 2.75) is 89.9 Å². The van der Waals surface area contributed by atoms with E-state index in [0.717, 1.165) is 5.56 Å². The van der Waals surface area contributed by atoms with E-state index in [1.807, 2.05) is 51.1 Å². The fourth-order valence-electron chi connectivity index (χ4n) is 5.52. The van der Waals surface area contributed by atoms with Crippen molar-refractivity contribution in [1.29, 1.82) is 0 Å². The average molecular weight is 655 g/mol. The third-order valence-electron chi connectivity index (χ3n) is 8.04. The smallest absolute Gasteiger partial charge is 0.347 e. The van der Waals surface area contributed by atoms with Crippen LogP contribution in [-0.2, 0) is 39.8 Å². The Bertz CT molecular complexity index is 1410. The third kappa shape index (κ3) is 9.80. The molecule has 2 aromatic rings. The van der Waals surface area contributed by atoms with Crippen LogP contribution in [0.15, 0.2) is 60.7 Å². The van der Waals surface area contributed by atoms with Crippen LogP contribution >= 0.6 is 11.6 Å². The minimum absolute atomic E-state index is 0.0361. The van der Waals surface area contributed by atoms with Gasteiger partial charge in [0.2, 0.25) is 11.8 Å². The summed E-state index contributed by atoms with van der Waals surface area (Å²) in [6, 6.07) is 13.3. The highest BCUT2D eigenvalue weighted by molar-refractivity contribution is 6.32. The Morgan fingerprint density at radius 3 is 2.41 bits per heavy atom. The number of halogens is 1. The van der Waals surface area contributed by atoms with Crippen molar-refractivity contribution in [2.24, 2.45) is 11.8 Å². The summed E-state index contributed by atoms with van der Waals surface area (Å²) in [7, 11) is 1.51. The van der Waals surface area contributed by atoms with E-state index < -0.39 is 48.0 Å². The van der Waals surface area contributed by atoms with Crippen molar-refractivity contribution in [1.82, 2.24) is 10.6 Å². The van der Waals surface area contributed by atoms with Gasteiger partial charge in [-0.1, -0.05) is 74.8 Å². The predicted octanol–water partition coefficient (Wildman–Crippen LogP) is 4.88. The van der Waals surface area contributed by atoms with E-state index >= 15 is 0 Å². The van der Waals surface area contributed by atoms with Gasteiger partial charge in [-0.2, -0.15) is 0 Å². The molecule has 248 valence electrons. The standard InChI is InChI=1S/C35H43ClN2O8/c1-20(2)16-29-35(42)45-27(22(4)32-33(46-32)24-10-7-6-8-11-24)12-9-13-30(39)38-26(34(41)37-21(3)17-31(40)44-29)19-23-14-15-28(43-5)25(36)18-23/h6-11,13-15,18,20-22,26-27,29,32-33H,12,16-17,19H2,1-5H3,(H,37,41)(H,38,39)/t21-,22+,26-,27+,29+,32-,33-/m1/s1. The second-order valence-corrected chi connectivity index (χ2v) is 12.8. The van der Waals surface area contributed by atoms with Crippen LogP contribution in [0.2, 0.25) is 5.02 Å². The largest absolute Gasteiger partial charge is 0.495 e. The number of methoxy groups -OCH3 is 1. The number of carbonyl (C=O) groups excluding carboxylic acids is 4. The van der Waals surface area contributed by atoms with Gasteiger partial charge in [0.05, 0.1) is 24.7 Å². The summed E-state index contributed by atoms with van der Waals surface area (Å²) in [6.45, 7) is 7.42. The number of benzene rings is 2. The fourth-order valence-corrected chi connectivity index (χ4v) is 5.80. The zero-order valence-corrected chi connectivity index (χ0v) is 27.6. The van der Waals surface area contributed by atoms with Crippen LogP contribution in [0.4, 0.5) is 0 Å². The lowest BCUT2D eigenvalue weighted by Crippen LogP contribution is -2.50. The van der Waals surface area contributed by atoms with Gasteiger partial charge >= 0.3 is 11.9 Å². The topological polar surface area (TPSA) is 133 Å². The Morgan fingerprint density at radius 1 is 1.00 bits per heavy atom. The van der Waals surface area contributed by atoms with E-state index in [1.165, 1.54) is 13.2 Å². The molecule has 2 aliphatic heterocycles. The predicted molar refractivity (Wildman–Crippen MR) is 172 cm³/mol. The number of carbonyl (C=O) groups is 4. The van der Waals surface area contributed by atoms with Crippen molar-refractivity contribution in [2.75, 3.05) is 7.11 Å². The Hall–Kier alpha value is -3.89. The van der Waals surface area contributed by atoms with Crippen LogP contribution in [0.1, 0.15) is 64.2 Å². The number of rotatable bonds is 8. The van der Waals surface area contributed by atoms with Gasteiger partial charge in [-0.15, -0.1) is 0 Å². The summed E-state index contributed by atoms with van der Waals surface area (Å²) in [4.78, 5) is 52.9. The summed E-state index contributed by atoms with van der Waals surface area (Å²) in [5.74, 6) is -2.01. The molecule has 1 saturated heterocycles. The fraction of sp³-hybridized carbons (Fsp3) is 0.486. The van der Waals surface area contributed by atoms with Gasteiger partial charge in [0, 0.05) is 24.8 Å². The number of hydrogen-bond donors (Lipinski definition) is 2. The minimum Gasteiger partial charge on any atom is -0.495 e. The molecular weight excluding hydrogens is 612 g/mol. The second-order valence-electron chi connectivity index (χ2n) is 12.4. The van der Waals surface area contributed by atoms with Crippen LogP contribution < -0.4 is 15.4 Å². The highest BCUT2D eigenvalue weighted by atomic mass is 35.5. The number of hydrogen-bond acceptors (Lipinski definition) is 8. The summed E-state index contributed by atoms with van der Waals surface area (Å²) in [5, 5.41) is 5.91. The molecule has 0 unspecified atom stereocenters. The Labute approximate surface area is 275 Å². The molecule has 0 radical (unpaired) electrons. The summed E-state index contributed by atoms with van der Waals surface area (Å²) >= 11 is 6.30. The molecule has 0 bridgehead atoms. The van der Waals surface area contributed by atoms with Gasteiger partial charge in [0.25, 0.3) is 0 Å². The van der Waals surface area contributed by atoms with Gasteiger partial charge in [0.15, 0.2) is 6.10 Å². The van der Waals surface area contributed by atoms with Crippen LogP contribution in [-0.4, -0.2) is 61.3 Å². The molecule has 7 atom stereocenters. The molecule has 2 aromatic carbocycles. The van der Waals surface area contributed by atoms with Gasteiger partial charge in [-0.05, 0) is 48.6 Å². The lowest BCUT2D eigenvalue weighted by atomic mass is 9.93. The van der Waals surface area contributed by atoms with Crippen molar-refractivity contribution < 1.29 is 38.1 Å². The third-order valence-corrected chi connectivity index (χ3v) is 8.33. The number of cyclic esters (lactones) is 2. The summed E-state index contributed by atoms with van der Waals surface area (Å²) in [5.41, 5.74) is 1.73. The highest BCUT2D eigenvalue weighted by Gasteiger charge is 2.47. The van der Waals surface area contributed by atoms with E-state index in [-0.39, 0.29) is 49.7 Å². The summed E-state index contributed by atoms with van der Waals surface area (Å²) in [6.07, 6.45) is 1.23. The average Bonchev–Trinajstić information content (AvgIpc) is 3.80. The van der Waals surface area contributed by atoms with Gasteiger partial charge < -0.3 is 29.6 Å². The normalized spacial score (nSPS) is 26.8. The number of esters is 2. The van der Waals surface area contributed by atoms with E-state index in [2.05, 4.69) is 10.6 Å². The van der Waals surface area contributed by atoms with Crippen molar-refractivity contribution in [3.63, 3.8) is 0 Å². The highest BCUT2D eigenvalue weighted by Crippen LogP contribution is 2.45. The maximum atomic E-state index is 13.4. The molecule has 0 aromatic heterocycles. The van der Waals surface area contributed by atoms with Crippen molar-refractivity contribution in [3.8, 4) is 5.75 Å². The number of ether oxygens (including phenoxy) is 4. The molecule has 11 heteroatoms. The Morgan fingerprint density at radius 2 is 1.74 bits per heavy atom. The van der Waals surface area contributed by atoms with Crippen molar-refractivity contribution >= 4 is 35.4 Å². The molecule has 2 heterocycles. The van der Waals surface area contributed by atoms with Gasteiger partial charge in [-0.25, -0.2) is 4.79 Å². The molecule has 10 nitrogen and oxygen atoms in total. The maximum absolute atomic E-state index is 13.4. The molecule has 4 rings (SSSR count). The quantitative estimate of drug-likeness (QED) is 0.304. The van der Waals surface area contributed by atoms with Crippen LogP contribution in [0.5, 0.6) is 5.75 Å². The molecule has 1 fully saturated rings. The number of nitrogens with one attached hydrogen (secondary N) is 2. The number of amides is 2. The molecular formula is C35H43ClN2O8. The SMILES string of the molecule is COc1ccc(C[C@H]2NC(=O)C=CC[C@@H]([C@H](C)[C@H]3O[C@@H]3c3ccccc3)OC(=O)[C@H](CC(C)C)OC(=O)C[C@@H](C)NC2=O)cc1Cl. The van der Waals surface area contributed by atoms with E-state index in [0.29, 0.717) is 16.3 Å². The first-order chi connectivity index (χ1) is 21.9. The minimum atomic E-state index is -1.12. The molecule has 46 heavy (non-hydrogen) atoms. The monoisotopic (exact) mass is 654 g/mol. The molecule has 2 amide bonds. The lowest BCUT2D eigenvalue weighted by Gasteiger charge is -2.26. The lowest BCUT2D eigenvalue weighted by molar-refractivity contribution is -0.174. The molecule has 2 N–H and O–H groups in total. The number of epoxide rings is 1. The first-order valence-corrected chi connectivity index (χ1v) is 16.0. The van der Waals surface area contributed by atoms with Crippen molar-refractivity contribution in [3.05, 3.63) is 76.8 Å². The zero-order valence-electron chi connectivity index (χ0n) is 26.9. The molecule has 0 saturated carbocycles. The van der Waals surface area contributed by atoms with Gasteiger partial charge in [-0.3, -0.25) is 14.4 Å². The second kappa shape index (κ2) is 16.1. The molecule has 2 aliphatic rings. The summed E-state index contributed by atoms with van der Waals surface area (Å²) < 4.78 is 22.9. The van der Waals surface area contributed by atoms with Crippen LogP contribution in [0.3, 0.4) is 0 Å². The van der Waals surface area contributed by atoms with Gasteiger partial charge in [0.1, 0.15) is 24.0 Å². The first kappa shape index (κ1) is 35.0. The molecule has 0 aliphatic carbocycles. The van der Waals surface area contributed by atoms with Crippen LogP contribution in [0.25, 0.3) is 0 Å².